The average molecular weight is 254 g/mol. The van der Waals surface area contributed by atoms with Crippen molar-refractivity contribution in [3.63, 3.8) is 0 Å². The van der Waals surface area contributed by atoms with Crippen LogP contribution in [0.3, 0.4) is 0 Å². The van der Waals surface area contributed by atoms with Crippen molar-refractivity contribution in [3.8, 4) is 0 Å². The van der Waals surface area contributed by atoms with E-state index < -0.39 is 0 Å². The van der Waals surface area contributed by atoms with E-state index in [2.05, 4.69) is 22.2 Å². The predicted molar refractivity (Wildman–Crippen MR) is 71.5 cm³/mol. The van der Waals surface area contributed by atoms with Crippen molar-refractivity contribution in [2.24, 2.45) is 5.41 Å². The second-order valence-electron chi connectivity index (χ2n) is 5.08. The summed E-state index contributed by atoms with van der Waals surface area (Å²) in [4.78, 5) is 8.21. The lowest BCUT2D eigenvalue weighted by Gasteiger charge is -2.28. The zero-order valence-electron chi connectivity index (χ0n) is 10.6. The number of nitrogens with one attached hydrogen (secondary N) is 1. The number of nitrogens with zero attached hydrogens (tertiary/aromatic N) is 2. The van der Waals surface area contributed by atoms with E-state index in [0.29, 0.717) is 10.7 Å². The van der Waals surface area contributed by atoms with Crippen LogP contribution in [0.1, 0.15) is 44.6 Å². The van der Waals surface area contributed by atoms with Crippen molar-refractivity contribution in [3.05, 3.63) is 17.0 Å². The number of rotatable bonds is 4. The lowest BCUT2D eigenvalue weighted by atomic mass is 9.83. The number of halogens is 1. The first-order chi connectivity index (χ1) is 8.15. The molecule has 1 heterocycles. The van der Waals surface area contributed by atoms with Crippen LogP contribution in [0.2, 0.25) is 5.28 Å². The Hall–Kier alpha value is -0.830. The van der Waals surface area contributed by atoms with Gasteiger partial charge >= 0.3 is 0 Å². The maximum Gasteiger partial charge on any atom is 0.224 e. The standard InChI is InChI=1S/C13H20ClN3/c1-3-13(6-4-5-7-13)9-16-11-10(2)8-15-12(14)17-11/h8H,3-7,9H2,1-2H3,(H,15,16,17). The molecule has 0 aromatic carbocycles. The Morgan fingerprint density at radius 1 is 1.41 bits per heavy atom. The molecule has 1 aliphatic carbocycles. The van der Waals surface area contributed by atoms with Crippen LogP contribution in [-0.4, -0.2) is 16.5 Å². The van der Waals surface area contributed by atoms with Crippen LogP contribution in [0, 0.1) is 12.3 Å². The molecule has 3 nitrogen and oxygen atoms in total. The highest BCUT2D eigenvalue weighted by Crippen LogP contribution is 2.40. The lowest BCUT2D eigenvalue weighted by Crippen LogP contribution is -2.26. The summed E-state index contributed by atoms with van der Waals surface area (Å²) in [6.45, 7) is 5.29. The van der Waals surface area contributed by atoms with E-state index in [-0.39, 0.29) is 0 Å². The Morgan fingerprint density at radius 2 is 2.12 bits per heavy atom. The third kappa shape index (κ3) is 2.89. The fraction of sp³-hybridized carbons (Fsp3) is 0.692. The van der Waals surface area contributed by atoms with Crippen molar-refractivity contribution < 1.29 is 0 Å². The van der Waals surface area contributed by atoms with E-state index in [1.165, 1.54) is 32.1 Å². The maximum absolute atomic E-state index is 5.82. The van der Waals surface area contributed by atoms with E-state index in [4.69, 9.17) is 11.6 Å². The van der Waals surface area contributed by atoms with Gasteiger partial charge in [-0.1, -0.05) is 19.8 Å². The molecule has 0 radical (unpaired) electrons. The molecule has 4 heteroatoms. The van der Waals surface area contributed by atoms with E-state index in [1.807, 2.05) is 6.92 Å². The minimum atomic E-state index is 0.315. The number of hydrogen-bond acceptors (Lipinski definition) is 3. The summed E-state index contributed by atoms with van der Waals surface area (Å²) in [7, 11) is 0. The molecule has 17 heavy (non-hydrogen) atoms. The summed E-state index contributed by atoms with van der Waals surface area (Å²) in [6.07, 6.45) is 8.38. The number of anilines is 1. The lowest BCUT2D eigenvalue weighted by molar-refractivity contribution is 0.306. The molecule has 1 aromatic heterocycles. The Morgan fingerprint density at radius 3 is 2.76 bits per heavy atom. The largest absolute Gasteiger partial charge is 0.369 e. The van der Waals surface area contributed by atoms with Gasteiger partial charge in [-0.15, -0.1) is 0 Å². The molecular weight excluding hydrogens is 234 g/mol. The van der Waals surface area contributed by atoms with Crippen LogP contribution >= 0.6 is 11.6 Å². The van der Waals surface area contributed by atoms with E-state index >= 15 is 0 Å². The average Bonchev–Trinajstić information content (AvgIpc) is 2.80. The smallest absolute Gasteiger partial charge is 0.224 e. The molecule has 1 aliphatic rings. The molecule has 1 fully saturated rings. The predicted octanol–water partition coefficient (Wildman–Crippen LogP) is 3.82. The molecule has 0 spiro atoms. The number of hydrogen-bond donors (Lipinski definition) is 1. The fourth-order valence-corrected chi connectivity index (χ4v) is 2.78. The SMILES string of the molecule is CCC1(CNc2nc(Cl)ncc2C)CCCC1. The minimum absolute atomic E-state index is 0.315. The number of aryl methyl sites for hydroxylation is 1. The first-order valence-corrected chi connectivity index (χ1v) is 6.76. The van der Waals surface area contributed by atoms with Crippen molar-refractivity contribution >= 4 is 17.4 Å². The van der Waals surface area contributed by atoms with Crippen molar-refractivity contribution in [1.29, 1.82) is 0 Å². The van der Waals surface area contributed by atoms with E-state index in [0.717, 1.165) is 17.9 Å². The van der Waals surface area contributed by atoms with E-state index in [1.54, 1.807) is 6.20 Å². The molecular formula is C13H20ClN3. The first-order valence-electron chi connectivity index (χ1n) is 6.38. The van der Waals surface area contributed by atoms with Gasteiger partial charge in [0.2, 0.25) is 5.28 Å². The van der Waals surface area contributed by atoms with Gasteiger partial charge in [-0.2, -0.15) is 0 Å². The van der Waals surface area contributed by atoms with Crippen molar-refractivity contribution in [2.45, 2.75) is 46.0 Å². The molecule has 1 N–H and O–H groups in total. The Kier molecular flexibility index (Phi) is 3.87. The zero-order chi connectivity index (χ0) is 12.3. The second kappa shape index (κ2) is 5.21. The highest BCUT2D eigenvalue weighted by molar-refractivity contribution is 6.28. The van der Waals surface area contributed by atoms with Gasteiger partial charge in [-0.05, 0) is 43.2 Å². The van der Waals surface area contributed by atoms with Gasteiger partial charge in [0.25, 0.3) is 0 Å². The monoisotopic (exact) mass is 253 g/mol. The third-order valence-corrected chi connectivity index (χ3v) is 4.17. The third-order valence-electron chi connectivity index (χ3n) is 3.99. The van der Waals surface area contributed by atoms with Gasteiger partial charge in [0.05, 0.1) is 0 Å². The van der Waals surface area contributed by atoms with E-state index in [9.17, 15) is 0 Å². The summed E-state index contributed by atoms with van der Waals surface area (Å²) in [6, 6.07) is 0. The summed E-state index contributed by atoms with van der Waals surface area (Å²) in [5.74, 6) is 0.879. The molecule has 0 bridgehead atoms. The molecule has 0 unspecified atom stereocenters. The summed E-state index contributed by atoms with van der Waals surface area (Å²) < 4.78 is 0. The zero-order valence-corrected chi connectivity index (χ0v) is 11.3. The van der Waals surface area contributed by atoms with Crippen LogP contribution in [0.5, 0.6) is 0 Å². The molecule has 94 valence electrons. The molecule has 2 rings (SSSR count). The molecule has 1 saturated carbocycles. The molecule has 0 saturated heterocycles. The van der Waals surface area contributed by atoms with Gasteiger partial charge in [0, 0.05) is 18.3 Å². The van der Waals surface area contributed by atoms with Crippen LogP contribution in [0.4, 0.5) is 5.82 Å². The maximum atomic E-state index is 5.82. The highest BCUT2D eigenvalue weighted by Gasteiger charge is 2.31. The first kappa shape index (κ1) is 12.6. The second-order valence-corrected chi connectivity index (χ2v) is 5.42. The topological polar surface area (TPSA) is 37.8 Å². The summed E-state index contributed by atoms with van der Waals surface area (Å²) in [5.41, 5.74) is 1.52. The van der Waals surface area contributed by atoms with Crippen molar-refractivity contribution in [2.75, 3.05) is 11.9 Å². The molecule has 1 aromatic rings. The van der Waals surface area contributed by atoms with Crippen LogP contribution in [0.25, 0.3) is 0 Å². The summed E-state index contributed by atoms with van der Waals surface area (Å²) >= 11 is 5.82. The van der Waals surface area contributed by atoms with Gasteiger partial charge in [-0.25, -0.2) is 9.97 Å². The Balaban J connectivity index is 2.03. The minimum Gasteiger partial charge on any atom is -0.369 e. The normalized spacial score (nSPS) is 18.3. The quantitative estimate of drug-likeness (QED) is 0.829. The molecule has 0 amide bonds. The fourth-order valence-electron chi connectivity index (χ4n) is 2.65. The number of aromatic nitrogens is 2. The van der Waals surface area contributed by atoms with Crippen LogP contribution in [0.15, 0.2) is 6.20 Å². The van der Waals surface area contributed by atoms with Crippen LogP contribution < -0.4 is 5.32 Å². The van der Waals surface area contributed by atoms with Gasteiger partial charge < -0.3 is 5.32 Å². The highest BCUT2D eigenvalue weighted by atomic mass is 35.5. The molecule has 0 aliphatic heterocycles. The Bertz CT molecular complexity index is 386. The van der Waals surface area contributed by atoms with Crippen molar-refractivity contribution in [1.82, 2.24) is 9.97 Å². The Labute approximate surface area is 108 Å². The van der Waals surface area contributed by atoms with Gasteiger partial charge in [0.15, 0.2) is 0 Å². The summed E-state index contributed by atoms with van der Waals surface area (Å²) in [5, 5.41) is 3.77. The molecule has 0 atom stereocenters. The van der Waals surface area contributed by atoms with Gasteiger partial charge in [-0.3, -0.25) is 0 Å². The van der Waals surface area contributed by atoms with Crippen LogP contribution in [-0.2, 0) is 0 Å². The van der Waals surface area contributed by atoms with Gasteiger partial charge in [0.1, 0.15) is 5.82 Å².